The van der Waals surface area contributed by atoms with Gasteiger partial charge in [0.25, 0.3) is 5.78 Å². The Hall–Kier alpha value is -3.91. The van der Waals surface area contributed by atoms with Crippen LogP contribution in [0.5, 0.6) is 5.75 Å². The molecular formula is C26H23N3O4S. The number of thiophene rings is 1. The Balaban J connectivity index is 1.59. The number of nitrogens with zero attached hydrogens (tertiary/aromatic N) is 2. The lowest BCUT2D eigenvalue weighted by Crippen LogP contribution is -2.30. The number of fused-ring (bicyclic) bond motifs is 1. The van der Waals surface area contributed by atoms with Crippen molar-refractivity contribution in [2.75, 3.05) is 11.5 Å². The summed E-state index contributed by atoms with van der Waals surface area (Å²) in [6.07, 6.45) is 0. The maximum Gasteiger partial charge on any atom is 0.302 e. The lowest BCUT2D eigenvalue weighted by atomic mass is 10.00. The Kier molecular flexibility index (Phi) is 5.67. The monoisotopic (exact) mass is 473 g/mol. The van der Waals surface area contributed by atoms with Crippen molar-refractivity contribution >= 4 is 45.8 Å². The number of Topliss-reactive ketones (excluding diaryl/α,β-unsaturated/α-hetero) is 1. The van der Waals surface area contributed by atoms with Crippen molar-refractivity contribution in [1.29, 1.82) is 0 Å². The first-order valence-electron chi connectivity index (χ1n) is 11.0. The van der Waals surface area contributed by atoms with E-state index in [0.717, 1.165) is 10.4 Å². The molecule has 2 aromatic carbocycles. The summed E-state index contributed by atoms with van der Waals surface area (Å²) in [5.41, 5.74) is 1.90. The van der Waals surface area contributed by atoms with Gasteiger partial charge in [0.15, 0.2) is 0 Å². The van der Waals surface area contributed by atoms with Gasteiger partial charge in [-0.1, -0.05) is 32.0 Å². The van der Waals surface area contributed by atoms with Crippen LogP contribution in [0.2, 0.25) is 0 Å². The second-order valence-corrected chi connectivity index (χ2v) is 9.47. The molecule has 4 aromatic rings. The maximum absolute atomic E-state index is 13.2. The highest BCUT2D eigenvalue weighted by atomic mass is 32.1. The fraction of sp³-hybridized carbons (Fsp3) is 0.192. The second kappa shape index (κ2) is 8.79. The third-order valence-corrected chi connectivity index (χ3v) is 6.50. The minimum atomic E-state index is -0.794. The van der Waals surface area contributed by atoms with Crippen molar-refractivity contribution in [2.45, 2.75) is 19.9 Å². The number of aromatic nitrogens is 2. The van der Waals surface area contributed by atoms with E-state index in [4.69, 9.17) is 4.74 Å². The SMILES string of the molecule is CC(C)COc1ccc(/C(O)=C2\C(=O)C(=O)N(c3nc4ccccc4[nH]3)C2c2cccs2)cc1. The number of ketones is 1. The van der Waals surface area contributed by atoms with Gasteiger partial charge in [0.05, 0.1) is 23.2 Å². The molecule has 2 N–H and O–H groups in total. The summed E-state index contributed by atoms with van der Waals surface area (Å²) in [4.78, 5) is 36.1. The minimum Gasteiger partial charge on any atom is -0.507 e. The first-order valence-corrected chi connectivity index (χ1v) is 11.8. The van der Waals surface area contributed by atoms with Gasteiger partial charge in [0.1, 0.15) is 17.6 Å². The van der Waals surface area contributed by atoms with Gasteiger partial charge < -0.3 is 14.8 Å². The van der Waals surface area contributed by atoms with Crippen molar-refractivity contribution in [2.24, 2.45) is 5.92 Å². The summed E-state index contributed by atoms with van der Waals surface area (Å²) in [7, 11) is 0. The van der Waals surface area contributed by atoms with Gasteiger partial charge in [-0.15, -0.1) is 11.3 Å². The van der Waals surface area contributed by atoms with E-state index >= 15 is 0 Å². The van der Waals surface area contributed by atoms with Gasteiger partial charge in [-0.05, 0) is 53.8 Å². The molecule has 7 nitrogen and oxygen atoms in total. The van der Waals surface area contributed by atoms with E-state index in [1.807, 2.05) is 41.8 Å². The third kappa shape index (κ3) is 3.86. The average Bonchev–Trinajstić information content (AvgIpc) is 3.56. The number of imidazole rings is 1. The average molecular weight is 474 g/mol. The molecule has 0 aliphatic carbocycles. The molecule has 8 heteroatoms. The molecule has 0 radical (unpaired) electrons. The number of hydrogen-bond acceptors (Lipinski definition) is 6. The number of para-hydroxylation sites is 2. The molecule has 0 saturated carbocycles. The molecule has 1 fully saturated rings. The minimum absolute atomic E-state index is 0.0313. The molecular weight excluding hydrogens is 450 g/mol. The number of aromatic amines is 1. The Morgan fingerprint density at radius 2 is 1.88 bits per heavy atom. The number of carbonyl (C=O) groups excluding carboxylic acids is 2. The molecule has 2 aromatic heterocycles. The fourth-order valence-electron chi connectivity index (χ4n) is 3.95. The molecule has 172 valence electrons. The van der Waals surface area contributed by atoms with Crippen molar-refractivity contribution in [3.05, 3.63) is 82.1 Å². The Morgan fingerprint density at radius 3 is 2.56 bits per heavy atom. The van der Waals surface area contributed by atoms with E-state index in [0.29, 0.717) is 29.4 Å². The zero-order valence-corrected chi connectivity index (χ0v) is 19.5. The third-order valence-electron chi connectivity index (χ3n) is 5.57. The topological polar surface area (TPSA) is 95.5 Å². The van der Waals surface area contributed by atoms with Gasteiger partial charge in [-0.3, -0.25) is 14.5 Å². The van der Waals surface area contributed by atoms with Crippen LogP contribution in [0, 0.1) is 5.92 Å². The zero-order valence-electron chi connectivity index (χ0n) is 18.7. The molecule has 1 unspecified atom stereocenters. The summed E-state index contributed by atoms with van der Waals surface area (Å²) in [6.45, 7) is 4.70. The normalized spacial score (nSPS) is 17.7. The number of benzene rings is 2. The lowest BCUT2D eigenvalue weighted by Gasteiger charge is -2.21. The highest BCUT2D eigenvalue weighted by Gasteiger charge is 2.48. The molecule has 5 rings (SSSR count). The van der Waals surface area contributed by atoms with Crippen LogP contribution in [0.25, 0.3) is 16.8 Å². The van der Waals surface area contributed by atoms with Gasteiger partial charge in [-0.2, -0.15) is 0 Å². The number of aliphatic hydroxyl groups is 1. The smallest absolute Gasteiger partial charge is 0.302 e. The van der Waals surface area contributed by atoms with Crippen LogP contribution in [-0.4, -0.2) is 33.4 Å². The number of H-pyrrole nitrogens is 1. The Labute approximate surface area is 200 Å². The van der Waals surface area contributed by atoms with Crippen LogP contribution < -0.4 is 9.64 Å². The number of nitrogens with one attached hydrogen (secondary N) is 1. The molecule has 34 heavy (non-hydrogen) atoms. The molecule has 0 spiro atoms. The largest absolute Gasteiger partial charge is 0.507 e. The van der Waals surface area contributed by atoms with Crippen molar-refractivity contribution in [1.82, 2.24) is 9.97 Å². The van der Waals surface area contributed by atoms with E-state index in [-0.39, 0.29) is 17.3 Å². The maximum atomic E-state index is 13.2. The predicted molar refractivity (Wildman–Crippen MR) is 132 cm³/mol. The van der Waals surface area contributed by atoms with Gasteiger partial charge in [-0.25, -0.2) is 4.98 Å². The molecule has 1 atom stereocenters. The fourth-order valence-corrected chi connectivity index (χ4v) is 4.77. The number of rotatable bonds is 6. The van der Waals surface area contributed by atoms with E-state index < -0.39 is 17.7 Å². The molecule has 3 heterocycles. The summed E-state index contributed by atoms with van der Waals surface area (Å²) >= 11 is 1.40. The molecule has 1 aliphatic rings. The van der Waals surface area contributed by atoms with Crippen LogP contribution in [0.3, 0.4) is 0 Å². The molecule has 1 amide bonds. The summed E-state index contributed by atoms with van der Waals surface area (Å²) in [5, 5.41) is 13.1. The first kappa shape index (κ1) is 21.9. The van der Waals surface area contributed by atoms with Crippen molar-refractivity contribution < 1.29 is 19.4 Å². The van der Waals surface area contributed by atoms with Gasteiger partial charge in [0, 0.05) is 10.4 Å². The standard InChI is InChI=1S/C26H23N3O4S/c1-15(2)14-33-17-11-9-16(10-12-17)23(30)21-22(20-8-5-13-34-20)29(25(32)24(21)31)26-27-18-6-3-4-7-19(18)28-26/h3-13,15,22,30H,14H2,1-2H3,(H,27,28)/b23-21+. The second-order valence-electron chi connectivity index (χ2n) is 8.49. The quantitative estimate of drug-likeness (QED) is 0.226. The molecule has 1 aliphatic heterocycles. The highest BCUT2D eigenvalue weighted by Crippen LogP contribution is 2.43. The zero-order chi connectivity index (χ0) is 23.8. The summed E-state index contributed by atoms with van der Waals surface area (Å²) in [5.74, 6) is -0.410. The first-order chi connectivity index (χ1) is 16.4. The Morgan fingerprint density at radius 1 is 1.12 bits per heavy atom. The summed E-state index contributed by atoms with van der Waals surface area (Å²) in [6, 6.07) is 17.1. The van der Waals surface area contributed by atoms with Crippen LogP contribution in [0.4, 0.5) is 5.95 Å². The van der Waals surface area contributed by atoms with Crippen LogP contribution in [-0.2, 0) is 9.59 Å². The number of ether oxygens (including phenoxy) is 1. The summed E-state index contributed by atoms with van der Waals surface area (Å²) < 4.78 is 5.71. The number of hydrogen-bond donors (Lipinski definition) is 2. The highest BCUT2D eigenvalue weighted by molar-refractivity contribution is 7.10. The number of carbonyl (C=O) groups is 2. The Bertz CT molecular complexity index is 1350. The van der Waals surface area contributed by atoms with Gasteiger partial charge in [0.2, 0.25) is 5.95 Å². The number of aliphatic hydroxyl groups excluding tert-OH is 1. The van der Waals surface area contributed by atoms with Crippen LogP contribution >= 0.6 is 11.3 Å². The number of anilines is 1. The van der Waals surface area contributed by atoms with E-state index in [2.05, 4.69) is 23.8 Å². The lowest BCUT2D eigenvalue weighted by molar-refractivity contribution is -0.132. The van der Waals surface area contributed by atoms with Crippen molar-refractivity contribution in [3.63, 3.8) is 0 Å². The molecule has 1 saturated heterocycles. The van der Waals surface area contributed by atoms with Crippen molar-refractivity contribution in [3.8, 4) is 5.75 Å². The number of amides is 1. The van der Waals surface area contributed by atoms with Gasteiger partial charge >= 0.3 is 5.91 Å². The predicted octanol–water partition coefficient (Wildman–Crippen LogP) is 5.29. The molecule has 0 bridgehead atoms. The van der Waals surface area contributed by atoms with Crippen LogP contribution in [0.15, 0.2) is 71.6 Å². The van der Waals surface area contributed by atoms with E-state index in [9.17, 15) is 14.7 Å². The van der Waals surface area contributed by atoms with E-state index in [1.54, 1.807) is 24.3 Å². The van der Waals surface area contributed by atoms with Crippen LogP contribution in [0.1, 0.15) is 30.3 Å². The van der Waals surface area contributed by atoms with E-state index in [1.165, 1.54) is 16.2 Å².